The Labute approximate surface area is 136 Å². The van der Waals surface area contributed by atoms with Gasteiger partial charge in [0.25, 0.3) is 0 Å². The van der Waals surface area contributed by atoms with Crippen LogP contribution in [0.25, 0.3) is 0 Å². The molecule has 2 atom stereocenters. The normalized spacial score (nSPS) is 25.3. The standard InChI is InChI=1S/C17H24N4O2/c1-13-5-3-9-20(12-13)17(23)19-15-7-4-10-21(16(15)22)14-6-2-8-18-11-14/h2,6,8,11,13,15H,3-5,7,9-10,12H2,1H3,(H,19,23)/t13-,15-/m0/s1. The van der Waals surface area contributed by atoms with Crippen LogP contribution in [0.3, 0.4) is 0 Å². The number of pyridine rings is 1. The molecule has 0 radical (unpaired) electrons. The molecular formula is C17H24N4O2. The number of carbonyl (C=O) groups is 2. The Balaban J connectivity index is 1.63. The number of likely N-dealkylation sites (tertiary alicyclic amines) is 1. The van der Waals surface area contributed by atoms with Crippen LogP contribution < -0.4 is 10.2 Å². The summed E-state index contributed by atoms with van der Waals surface area (Å²) in [5, 5.41) is 2.93. The largest absolute Gasteiger partial charge is 0.326 e. The molecule has 1 aromatic rings. The molecule has 6 nitrogen and oxygen atoms in total. The molecule has 3 amide bonds. The van der Waals surface area contributed by atoms with E-state index in [1.165, 1.54) is 6.42 Å². The first-order valence-corrected chi connectivity index (χ1v) is 8.42. The Bertz CT molecular complexity index is 563. The molecule has 0 saturated carbocycles. The number of carbonyl (C=O) groups excluding carboxylic acids is 2. The number of amides is 3. The van der Waals surface area contributed by atoms with Crippen molar-refractivity contribution in [3.63, 3.8) is 0 Å². The minimum absolute atomic E-state index is 0.0392. The second-order valence-electron chi connectivity index (χ2n) is 6.54. The van der Waals surface area contributed by atoms with Gasteiger partial charge in [0.05, 0.1) is 11.9 Å². The van der Waals surface area contributed by atoms with Crippen molar-refractivity contribution in [3.05, 3.63) is 24.5 Å². The molecule has 2 aliphatic heterocycles. The number of anilines is 1. The van der Waals surface area contributed by atoms with Crippen molar-refractivity contribution in [1.29, 1.82) is 0 Å². The SMILES string of the molecule is C[C@H]1CCCN(C(=O)N[C@H]2CCCN(c3cccnc3)C2=O)C1. The topological polar surface area (TPSA) is 65.5 Å². The highest BCUT2D eigenvalue weighted by atomic mass is 16.2. The van der Waals surface area contributed by atoms with Gasteiger partial charge in [0.1, 0.15) is 6.04 Å². The van der Waals surface area contributed by atoms with Crippen LogP contribution in [0.2, 0.25) is 0 Å². The number of nitrogens with one attached hydrogen (secondary N) is 1. The minimum atomic E-state index is -0.436. The van der Waals surface area contributed by atoms with Crippen LogP contribution in [-0.2, 0) is 4.79 Å². The lowest BCUT2D eigenvalue weighted by molar-refractivity contribution is -0.121. The zero-order chi connectivity index (χ0) is 16.2. The molecule has 1 N–H and O–H groups in total. The molecule has 0 unspecified atom stereocenters. The summed E-state index contributed by atoms with van der Waals surface area (Å²) < 4.78 is 0. The second kappa shape index (κ2) is 6.98. The maximum Gasteiger partial charge on any atom is 0.318 e. The first-order chi connectivity index (χ1) is 11.1. The van der Waals surface area contributed by atoms with Crippen molar-refractivity contribution in [2.75, 3.05) is 24.5 Å². The maximum atomic E-state index is 12.7. The molecule has 3 rings (SSSR count). The van der Waals surface area contributed by atoms with Gasteiger partial charge in [-0.05, 0) is 43.7 Å². The lowest BCUT2D eigenvalue weighted by Gasteiger charge is -2.35. The first-order valence-electron chi connectivity index (χ1n) is 8.42. The van der Waals surface area contributed by atoms with Crippen molar-refractivity contribution >= 4 is 17.6 Å². The van der Waals surface area contributed by atoms with Gasteiger partial charge >= 0.3 is 6.03 Å². The fourth-order valence-corrected chi connectivity index (χ4v) is 3.39. The summed E-state index contributed by atoms with van der Waals surface area (Å²) in [6.07, 6.45) is 7.16. The third kappa shape index (κ3) is 3.63. The molecule has 0 spiro atoms. The lowest BCUT2D eigenvalue weighted by atomic mass is 10.0. The zero-order valence-corrected chi connectivity index (χ0v) is 13.6. The van der Waals surface area contributed by atoms with E-state index in [4.69, 9.17) is 0 Å². The molecule has 1 aromatic heterocycles. The monoisotopic (exact) mass is 316 g/mol. The van der Waals surface area contributed by atoms with Gasteiger partial charge < -0.3 is 15.1 Å². The van der Waals surface area contributed by atoms with Crippen LogP contribution in [0, 0.1) is 5.92 Å². The predicted molar refractivity (Wildman–Crippen MR) is 88.1 cm³/mol. The van der Waals surface area contributed by atoms with Gasteiger partial charge in [-0.3, -0.25) is 9.78 Å². The van der Waals surface area contributed by atoms with Crippen LogP contribution in [0.1, 0.15) is 32.6 Å². The van der Waals surface area contributed by atoms with Gasteiger partial charge in [-0.1, -0.05) is 6.92 Å². The summed E-state index contributed by atoms with van der Waals surface area (Å²) in [7, 11) is 0. The average Bonchev–Trinajstić information content (AvgIpc) is 2.57. The molecule has 2 saturated heterocycles. The Morgan fingerprint density at radius 2 is 2.13 bits per heavy atom. The average molecular weight is 316 g/mol. The smallest absolute Gasteiger partial charge is 0.318 e. The van der Waals surface area contributed by atoms with E-state index in [0.717, 1.165) is 31.6 Å². The van der Waals surface area contributed by atoms with E-state index in [0.29, 0.717) is 18.9 Å². The minimum Gasteiger partial charge on any atom is -0.326 e. The van der Waals surface area contributed by atoms with Crippen molar-refractivity contribution in [3.8, 4) is 0 Å². The third-order valence-electron chi connectivity index (χ3n) is 4.64. The maximum absolute atomic E-state index is 12.7. The molecule has 6 heteroatoms. The van der Waals surface area contributed by atoms with Gasteiger partial charge in [0, 0.05) is 25.8 Å². The number of nitrogens with zero attached hydrogens (tertiary/aromatic N) is 3. The summed E-state index contributed by atoms with van der Waals surface area (Å²) in [4.78, 5) is 32.7. The Morgan fingerprint density at radius 3 is 2.87 bits per heavy atom. The van der Waals surface area contributed by atoms with E-state index in [1.54, 1.807) is 17.3 Å². The van der Waals surface area contributed by atoms with E-state index in [1.807, 2.05) is 17.0 Å². The highest BCUT2D eigenvalue weighted by molar-refractivity contribution is 5.99. The van der Waals surface area contributed by atoms with E-state index in [-0.39, 0.29) is 11.9 Å². The van der Waals surface area contributed by atoms with Crippen molar-refractivity contribution in [2.24, 2.45) is 5.92 Å². The Morgan fingerprint density at radius 1 is 1.30 bits per heavy atom. The van der Waals surface area contributed by atoms with Gasteiger partial charge in [-0.15, -0.1) is 0 Å². The number of urea groups is 1. The highest BCUT2D eigenvalue weighted by Gasteiger charge is 2.32. The van der Waals surface area contributed by atoms with Gasteiger partial charge in [0.2, 0.25) is 5.91 Å². The quantitative estimate of drug-likeness (QED) is 0.908. The fraction of sp³-hybridized carbons (Fsp3) is 0.588. The molecule has 2 fully saturated rings. The lowest BCUT2D eigenvalue weighted by Crippen LogP contribution is -2.56. The van der Waals surface area contributed by atoms with Gasteiger partial charge in [-0.25, -0.2) is 4.79 Å². The third-order valence-corrected chi connectivity index (χ3v) is 4.64. The molecule has 0 bridgehead atoms. The molecule has 23 heavy (non-hydrogen) atoms. The molecule has 3 heterocycles. The van der Waals surface area contributed by atoms with Crippen LogP contribution in [-0.4, -0.2) is 47.5 Å². The number of rotatable bonds is 2. The van der Waals surface area contributed by atoms with Crippen LogP contribution in [0.15, 0.2) is 24.5 Å². The zero-order valence-electron chi connectivity index (χ0n) is 13.6. The summed E-state index contributed by atoms with van der Waals surface area (Å²) >= 11 is 0. The summed E-state index contributed by atoms with van der Waals surface area (Å²) in [5.41, 5.74) is 0.794. The summed E-state index contributed by atoms with van der Waals surface area (Å²) in [5.74, 6) is 0.492. The van der Waals surface area contributed by atoms with Crippen LogP contribution >= 0.6 is 0 Å². The van der Waals surface area contributed by atoms with Crippen molar-refractivity contribution in [2.45, 2.75) is 38.6 Å². The molecule has 0 aromatic carbocycles. The van der Waals surface area contributed by atoms with E-state index >= 15 is 0 Å². The summed E-state index contributed by atoms with van der Waals surface area (Å²) in [6.45, 7) is 4.40. The number of aromatic nitrogens is 1. The summed E-state index contributed by atoms with van der Waals surface area (Å²) in [6, 6.07) is 3.15. The Hall–Kier alpha value is -2.11. The van der Waals surface area contributed by atoms with E-state index in [2.05, 4.69) is 17.2 Å². The van der Waals surface area contributed by atoms with E-state index in [9.17, 15) is 9.59 Å². The number of hydrogen-bond donors (Lipinski definition) is 1. The second-order valence-corrected chi connectivity index (χ2v) is 6.54. The van der Waals surface area contributed by atoms with Crippen LogP contribution in [0.4, 0.5) is 10.5 Å². The molecule has 2 aliphatic rings. The van der Waals surface area contributed by atoms with Crippen molar-refractivity contribution in [1.82, 2.24) is 15.2 Å². The van der Waals surface area contributed by atoms with Crippen LogP contribution in [0.5, 0.6) is 0 Å². The molecular weight excluding hydrogens is 292 g/mol. The number of piperidine rings is 2. The fourth-order valence-electron chi connectivity index (χ4n) is 3.39. The predicted octanol–water partition coefficient (Wildman–Crippen LogP) is 2.02. The Kier molecular flexibility index (Phi) is 4.79. The molecule has 124 valence electrons. The number of hydrogen-bond acceptors (Lipinski definition) is 3. The van der Waals surface area contributed by atoms with Gasteiger partial charge in [0.15, 0.2) is 0 Å². The highest BCUT2D eigenvalue weighted by Crippen LogP contribution is 2.21. The van der Waals surface area contributed by atoms with Gasteiger partial charge in [-0.2, -0.15) is 0 Å². The first kappa shape index (κ1) is 15.8. The molecule has 0 aliphatic carbocycles. The van der Waals surface area contributed by atoms with E-state index < -0.39 is 6.04 Å². The van der Waals surface area contributed by atoms with Crippen molar-refractivity contribution < 1.29 is 9.59 Å².